The van der Waals surface area contributed by atoms with Gasteiger partial charge in [0.05, 0.1) is 11.7 Å². The Morgan fingerprint density at radius 1 is 1.42 bits per heavy atom. The minimum atomic E-state index is -0.583. The lowest BCUT2D eigenvalue weighted by Gasteiger charge is -2.20. The number of nitrogens with zero attached hydrogens (tertiary/aromatic N) is 2. The molecule has 1 saturated carbocycles. The molecule has 5 nitrogen and oxygen atoms in total. The molecule has 24 heavy (non-hydrogen) atoms. The zero-order chi connectivity index (χ0) is 17.9. The summed E-state index contributed by atoms with van der Waals surface area (Å²) in [4.78, 5) is 18.1. The molecule has 0 spiro atoms. The molecule has 1 fully saturated rings. The molecule has 1 aliphatic carbocycles. The number of rotatable bonds is 6. The van der Waals surface area contributed by atoms with E-state index in [0.29, 0.717) is 17.7 Å². The van der Waals surface area contributed by atoms with Gasteiger partial charge in [-0.05, 0) is 51.8 Å². The van der Waals surface area contributed by atoms with E-state index < -0.39 is 11.6 Å². The molecule has 6 heteroatoms. The Kier molecular flexibility index (Phi) is 5.54. The molecule has 0 unspecified atom stereocenters. The number of esters is 1. The van der Waals surface area contributed by atoms with E-state index in [1.54, 1.807) is 50.1 Å². The second kappa shape index (κ2) is 7.26. The predicted octanol–water partition coefficient (Wildman–Crippen LogP) is 4.33. The van der Waals surface area contributed by atoms with Crippen molar-refractivity contribution in [3.63, 3.8) is 0 Å². The fraction of sp³-hybridized carbons (Fsp3) is 0.444. The predicted molar refractivity (Wildman–Crippen MR) is 95.2 cm³/mol. The summed E-state index contributed by atoms with van der Waals surface area (Å²) in [6.07, 6.45) is 6.05. The molecular formula is C18H23ClN2O3. The second-order valence-electron chi connectivity index (χ2n) is 6.72. The summed E-state index contributed by atoms with van der Waals surface area (Å²) in [5.41, 5.74) is -0.338. The van der Waals surface area contributed by atoms with Crippen molar-refractivity contribution in [2.45, 2.75) is 45.3 Å². The first-order valence-electron chi connectivity index (χ1n) is 7.82. The Morgan fingerprint density at radius 3 is 2.62 bits per heavy atom. The third kappa shape index (κ3) is 5.57. The first-order chi connectivity index (χ1) is 11.2. The van der Waals surface area contributed by atoms with E-state index in [1.807, 2.05) is 7.05 Å². The maximum absolute atomic E-state index is 12.1. The van der Waals surface area contributed by atoms with E-state index in [4.69, 9.17) is 21.1 Å². The lowest BCUT2D eigenvalue weighted by molar-refractivity contribution is 0.00693. The van der Waals surface area contributed by atoms with Crippen LogP contribution in [0.5, 0.6) is 0 Å². The van der Waals surface area contributed by atoms with Gasteiger partial charge in [-0.3, -0.25) is 0 Å². The fourth-order valence-corrected chi connectivity index (χ4v) is 2.04. The van der Waals surface area contributed by atoms with Gasteiger partial charge in [-0.15, -0.1) is 0 Å². The largest absolute Gasteiger partial charge is 0.491 e. The van der Waals surface area contributed by atoms with Crippen LogP contribution >= 0.6 is 11.6 Å². The molecule has 0 atom stereocenters. The zero-order valence-electron chi connectivity index (χ0n) is 14.5. The van der Waals surface area contributed by atoms with Gasteiger partial charge in [0.15, 0.2) is 0 Å². The average Bonchev–Trinajstić information content (AvgIpc) is 3.26. The van der Waals surface area contributed by atoms with Gasteiger partial charge < -0.3 is 14.4 Å². The molecule has 0 radical (unpaired) electrons. The third-order valence-corrected chi connectivity index (χ3v) is 3.43. The van der Waals surface area contributed by atoms with Crippen LogP contribution in [0, 0.1) is 0 Å². The normalized spacial score (nSPS) is 14.5. The number of halogens is 1. The molecule has 1 aromatic heterocycles. The lowest BCUT2D eigenvalue weighted by Crippen LogP contribution is -2.24. The van der Waals surface area contributed by atoms with E-state index in [9.17, 15) is 4.79 Å². The van der Waals surface area contributed by atoms with Gasteiger partial charge in [0.25, 0.3) is 0 Å². The maximum Gasteiger partial charge on any atom is 0.341 e. The SMILES string of the molecule is C=C(/C=C\N(C)c1ccc(C(=O)OC(C)(C)C)c(Cl)n1)OC1CC1. The monoisotopic (exact) mass is 350 g/mol. The van der Waals surface area contributed by atoms with E-state index in [-0.39, 0.29) is 10.7 Å². The number of allylic oxidation sites excluding steroid dienone is 1. The highest BCUT2D eigenvalue weighted by atomic mass is 35.5. The van der Waals surface area contributed by atoms with Crippen LogP contribution < -0.4 is 4.90 Å². The topological polar surface area (TPSA) is 51.7 Å². The molecule has 0 saturated heterocycles. The van der Waals surface area contributed by atoms with Crippen LogP contribution in [-0.2, 0) is 9.47 Å². The van der Waals surface area contributed by atoms with Crippen molar-refractivity contribution >= 4 is 23.4 Å². The number of hydrogen-bond donors (Lipinski definition) is 0. The molecule has 1 aromatic rings. The van der Waals surface area contributed by atoms with Gasteiger partial charge in [0.2, 0.25) is 0 Å². The highest BCUT2D eigenvalue weighted by Gasteiger charge is 2.23. The maximum atomic E-state index is 12.1. The molecule has 0 N–H and O–H groups in total. The van der Waals surface area contributed by atoms with Gasteiger partial charge in [0, 0.05) is 13.2 Å². The second-order valence-corrected chi connectivity index (χ2v) is 7.08. The van der Waals surface area contributed by atoms with E-state index >= 15 is 0 Å². The summed E-state index contributed by atoms with van der Waals surface area (Å²) in [6.45, 7) is 9.25. The van der Waals surface area contributed by atoms with Crippen LogP contribution in [0.4, 0.5) is 5.82 Å². The van der Waals surface area contributed by atoms with Gasteiger partial charge in [-0.25, -0.2) is 9.78 Å². The molecule has 2 rings (SSSR count). The van der Waals surface area contributed by atoms with Crippen LogP contribution in [0.1, 0.15) is 44.0 Å². The number of hydrogen-bond acceptors (Lipinski definition) is 5. The van der Waals surface area contributed by atoms with Crippen LogP contribution in [0.2, 0.25) is 5.15 Å². The first-order valence-corrected chi connectivity index (χ1v) is 8.20. The standard InChI is InChI=1S/C18H23ClN2O3/c1-12(23-13-6-7-13)10-11-21(5)15-9-8-14(16(19)20-15)17(22)24-18(2,3)4/h8-11,13H,1,6-7H2,2-5H3/b11-10-. The van der Waals surface area contributed by atoms with Gasteiger partial charge >= 0.3 is 5.97 Å². The number of carbonyl (C=O) groups is 1. The van der Waals surface area contributed by atoms with Crippen molar-refractivity contribution in [1.82, 2.24) is 4.98 Å². The summed E-state index contributed by atoms with van der Waals surface area (Å²) < 4.78 is 10.9. The van der Waals surface area contributed by atoms with Gasteiger partial charge in [-0.2, -0.15) is 0 Å². The Labute approximate surface area is 147 Å². The van der Waals surface area contributed by atoms with Crippen LogP contribution in [0.3, 0.4) is 0 Å². The van der Waals surface area contributed by atoms with Crippen molar-refractivity contribution in [3.05, 3.63) is 47.5 Å². The minimum Gasteiger partial charge on any atom is -0.491 e. The van der Waals surface area contributed by atoms with E-state index in [0.717, 1.165) is 12.8 Å². The Bertz CT molecular complexity index is 661. The summed E-state index contributed by atoms with van der Waals surface area (Å²) in [6, 6.07) is 3.32. The number of aromatic nitrogens is 1. The van der Waals surface area contributed by atoms with Crippen molar-refractivity contribution in [2.24, 2.45) is 0 Å². The van der Waals surface area contributed by atoms with E-state index in [1.165, 1.54) is 0 Å². The molecule has 1 aliphatic rings. The van der Waals surface area contributed by atoms with Crippen LogP contribution in [0.15, 0.2) is 36.7 Å². The molecule has 130 valence electrons. The Hall–Kier alpha value is -2.01. The van der Waals surface area contributed by atoms with Crippen molar-refractivity contribution in [2.75, 3.05) is 11.9 Å². The highest BCUT2D eigenvalue weighted by Crippen LogP contribution is 2.26. The molecule has 0 aliphatic heterocycles. The third-order valence-electron chi connectivity index (χ3n) is 3.14. The fourth-order valence-electron chi connectivity index (χ4n) is 1.82. The summed E-state index contributed by atoms with van der Waals surface area (Å²) >= 11 is 6.13. The first kappa shape index (κ1) is 18.3. The zero-order valence-corrected chi connectivity index (χ0v) is 15.3. The summed E-state index contributed by atoms with van der Waals surface area (Å²) in [7, 11) is 1.83. The Balaban J connectivity index is 2.03. The Morgan fingerprint density at radius 2 is 2.08 bits per heavy atom. The lowest BCUT2D eigenvalue weighted by atomic mass is 10.2. The smallest absolute Gasteiger partial charge is 0.341 e. The highest BCUT2D eigenvalue weighted by molar-refractivity contribution is 6.32. The van der Waals surface area contributed by atoms with Crippen molar-refractivity contribution < 1.29 is 14.3 Å². The molecular weight excluding hydrogens is 328 g/mol. The van der Waals surface area contributed by atoms with Crippen LogP contribution in [-0.4, -0.2) is 29.7 Å². The number of anilines is 1. The quantitative estimate of drug-likeness (QED) is 0.331. The van der Waals surface area contributed by atoms with Crippen LogP contribution in [0.25, 0.3) is 0 Å². The average molecular weight is 351 g/mol. The number of carbonyl (C=O) groups excluding carboxylic acids is 1. The molecule has 0 aromatic carbocycles. The van der Waals surface area contributed by atoms with E-state index in [2.05, 4.69) is 11.6 Å². The van der Waals surface area contributed by atoms with Gasteiger partial charge in [0.1, 0.15) is 22.3 Å². The van der Waals surface area contributed by atoms with Crippen molar-refractivity contribution in [1.29, 1.82) is 0 Å². The minimum absolute atomic E-state index is 0.107. The summed E-state index contributed by atoms with van der Waals surface area (Å²) in [5, 5.41) is 0.107. The summed E-state index contributed by atoms with van der Waals surface area (Å²) in [5.74, 6) is 0.722. The molecule has 0 amide bonds. The molecule has 1 heterocycles. The number of pyridine rings is 1. The van der Waals surface area contributed by atoms with Crippen molar-refractivity contribution in [3.8, 4) is 0 Å². The molecule has 0 bridgehead atoms. The number of ether oxygens (including phenoxy) is 2. The van der Waals surface area contributed by atoms with Gasteiger partial charge in [-0.1, -0.05) is 18.2 Å².